The van der Waals surface area contributed by atoms with Crippen LogP contribution < -0.4 is 5.73 Å². The number of hydrogen-bond acceptors (Lipinski definition) is 2. The van der Waals surface area contributed by atoms with Crippen molar-refractivity contribution < 1.29 is 0 Å². The van der Waals surface area contributed by atoms with Gasteiger partial charge in [0.25, 0.3) is 0 Å². The third-order valence-electron chi connectivity index (χ3n) is 4.62. The normalized spacial score (nSPS) is 15.2. The molecule has 0 fully saturated rings. The Morgan fingerprint density at radius 2 is 1.76 bits per heavy atom. The Bertz CT molecular complexity index is 386. The van der Waals surface area contributed by atoms with Crippen LogP contribution in [0.4, 0.5) is 0 Å². The lowest BCUT2D eigenvalue weighted by Crippen LogP contribution is -2.44. The molecule has 0 aliphatic heterocycles. The maximum absolute atomic E-state index is 6.56. The van der Waals surface area contributed by atoms with E-state index in [9.17, 15) is 0 Å². The van der Waals surface area contributed by atoms with Crippen LogP contribution in [0.15, 0.2) is 30.3 Å². The summed E-state index contributed by atoms with van der Waals surface area (Å²) in [6.45, 7) is 13.7. The second-order valence-electron chi connectivity index (χ2n) is 6.96. The number of rotatable bonds is 9. The van der Waals surface area contributed by atoms with Crippen LogP contribution >= 0.6 is 0 Å². The first-order chi connectivity index (χ1) is 9.92. The first kappa shape index (κ1) is 18.2. The Morgan fingerprint density at radius 3 is 2.29 bits per heavy atom. The van der Waals surface area contributed by atoms with Gasteiger partial charge >= 0.3 is 0 Å². The van der Waals surface area contributed by atoms with Gasteiger partial charge in [0.1, 0.15) is 0 Å². The van der Waals surface area contributed by atoms with Gasteiger partial charge in [-0.1, -0.05) is 64.4 Å². The Hall–Kier alpha value is -0.860. The monoisotopic (exact) mass is 290 g/mol. The van der Waals surface area contributed by atoms with E-state index in [0.717, 1.165) is 6.54 Å². The van der Waals surface area contributed by atoms with E-state index in [1.807, 2.05) is 0 Å². The Morgan fingerprint density at radius 1 is 1.14 bits per heavy atom. The molecule has 1 aromatic carbocycles. The Balaban J connectivity index is 2.79. The summed E-state index contributed by atoms with van der Waals surface area (Å²) in [5, 5.41) is 0. The summed E-state index contributed by atoms with van der Waals surface area (Å²) in [5.41, 5.74) is 7.87. The number of unbranched alkanes of at least 4 members (excludes halogenated alkanes) is 1. The molecule has 0 radical (unpaired) electrons. The fraction of sp³-hybridized carbons (Fsp3) is 0.684. The first-order valence-electron chi connectivity index (χ1n) is 8.47. The second-order valence-corrected chi connectivity index (χ2v) is 6.96. The van der Waals surface area contributed by atoms with Crippen molar-refractivity contribution in [2.24, 2.45) is 11.1 Å². The highest BCUT2D eigenvalue weighted by Crippen LogP contribution is 2.32. The van der Waals surface area contributed by atoms with Crippen LogP contribution in [-0.4, -0.2) is 24.0 Å². The van der Waals surface area contributed by atoms with Gasteiger partial charge in [-0.05, 0) is 37.3 Å². The molecule has 2 heteroatoms. The van der Waals surface area contributed by atoms with Gasteiger partial charge in [0.05, 0.1) is 0 Å². The molecule has 2 unspecified atom stereocenters. The Kier molecular flexibility index (Phi) is 7.41. The SMILES string of the molecule is CCCCN(CC(C)(C)C(N)c1ccccc1)C(C)CC. The van der Waals surface area contributed by atoms with Gasteiger partial charge in [-0.3, -0.25) is 0 Å². The lowest BCUT2D eigenvalue weighted by Gasteiger charge is -2.39. The fourth-order valence-electron chi connectivity index (χ4n) is 2.81. The zero-order valence-corrected chi connectivity index (χ0v) is 14.6. The number of nitrogens with zero attached hydrogens (tertiary/aromatic N) is 1. The lowest BCUT2D eigenvalue weighted by atomic mass is 9.80. The number of hydrogen-bond donors (Lipinski definition) is 1. The molecule has 0 heterocycles. The molecule has 2 atom stereocenters. The highest BCUT2D eigenvalue weighted by atomic mass is 15.2. The highest BCUT2D eigenvalue weighted by molar-refractivity contribution is 5.20. The predicted molar refractivity (Wildman–Crippen MR) is 93.4 cm³/mol. The van der Waals surface area contributed by atoms with Gasteiger partial charge in [-0.2, -0.15) is 0 Å². The lowest BCUT2D eigenvalue weighted by molar-refractivity contribution is 0.113. The summed E-state index contributed by atoms with van der Waals surface area (Å²) in [6, 6.07) is 11.2. The predicted octanol–water partition coefficient (Wildman–Crippen LogP) is 4.61. The standard InChI is InChI=1S/C19H34N2/c1-6-8-14-21(16(3)7-2)15-19(4,5)18(20)17-12-10-9-11-13-17/h9-13,16,18H,6-8,14-15,20H2,1-5H3. The molecule has 0 bridgehead atoms. The molecule has 2 N–H and O–H groups in total. The molecule has 0 saturated carbocycles. The second kappa shape index (κ2) is 8.55. The van der Waals surface area contributed by atoms with Gasteiger partial charge in [-0.25, -0.2) is 0 Å². The minimum Gasteiger partial charge on any atom is -0.323 e. The zero-order valence-electron chi connectivity index (χ0n) is 14.6. The van der Waals surface area contributed by atoms with Crippen LogP contribution in [0.2, 0.25) is 0 Å². The van der Waals surface area contributed by atoms with Crippen molar-refractivity contribution in [2.45, 2.75) is 66.0 Å². The molecular formula is C19H34N2. The van der Waals surface area contributed by atoms with Gasteiger partial charge in [0.2, 0.25) is 0 Å². The summed E-state index contributed by atoms with van der Waals surface area (Å²) in [6.07, 6.45) is 3.71. The largest absolute Gasteiger partial charge is 0.323 e. The molecular weight excluding hydrogens is 256 g/mol. The Labute approximate surface area is 131 Å². The van der Waals surface area contributed by atoms with Crippen LogP contribution in [-0.2, 0) is 0 Å². The summed E-state index contributed by atoms with van der Waals surface area (Å²) in [5.74, 6) is 0. The summed E-state index contributed by atoms with van der Waals surface area (Å²) >= 11 is 0. The topological polar surface area (TPSA) is 29.3 Å². The van der Waals surface area contributed by atoms with E-state index < -0.39 is 0 Å². The minimum absolute atomic E-state index is 0.0680. The van der Waals surface area contributed by atoms with E-state index >= 15 is 0 Å². The van der Waals surface area contributed by atoms with E-state index in [2.05, 4.69) is 69.9 Å². The minimum atomic E-state index is 0.0680. The molecule has 21 heavy (non-hydrogen) atoms. The van der Waals surface area contributed by atoms with Crippen molar-refractivity contribution in [1.82, 2.24) is 4.90 Å². The molecule has 0 amide bonds. The third kappa shape index (κ3) is 5.44. The maximum atomic E-state index is 6.56. The van der Waals surface area contributed by atoms with Gasteiger partial charge in [0, 0.05) is 18.6 Å². The van der Waals surface area contributed by atoms with E-state index in [-0.39, 0.29) is 11.5 Å². The van der Waals surface area contributed by atoms with Crippen molar-refractivity contribution >= 4 is 0 Å². The summed E-state index contributed by atoms with van der Waals surface area (Å²) in [4.78, 5) is 2.62. The number of nitrogens with two attached hydrogens (primary N) is 1. The van der Waals surface area contributed by atoms with Gasteiger partial charge in [0.15, 0.2) is 0 Å². The zero-order chi connectivity index (χ0) is 15.9. The molecule has 0 aliphatic carbocycles. The number of benzene rings is 1. The van der Waals surface area contributed by atoms with Crippen LogP contribution in [0.5, 0.6) is 0 Å². The summed E-state index contributed by atoms with van der Waals surface area (Å²) < 4.78 is 0. The van der Waals surface area contributed by atoms with E-state index in [0.29, 0.717) is 6.04 Å². The third-order valence-corrected chi connectivity index (χ3v) is 4.62. The molecule has 0 aliphatic rings. The molecule has 120 valence electrons. The molecule has 2 nitrogen and oxygen atoms in total. The van der Waals surface area contributed by atoms with Gasteiger partial charge < -0.3 is 10.6 Å². The van der Waals surface area contributed by atoms with E-state index in [4.69, 9.17) is 5.73 Å². The molecule has 0 aromatic heterocycles. The van der Waals surface area contributed by atoms with E-state index in [1.165, 1.54) is 31.4 Å². The van der Waals surface area contributed by atoms with Crippen molar-refractivity contribution in [3.63, 3.8) is 0 Å². The highest BCUT2D eigenvalue weighted by Gasteiger charge is 2.31. The van der Waals surface area contributed by atoms with Crippen LogP contribution in [0, 0.1) is 5.41 Å². The first-order valence-corrected chi connectivity index (χ1v) is 8.47. The molecule has 0 saturated heterocycles. The molecule has 1 rings (SSSR count). The average molecular weight is 290 g/mol. The average Bonchev–Trinajstić information content (AvgIpc) is 2.50. The van der Waals surface area contributed by atoms with Crippen molar-refractivity contribution in [2.75, 3.05) is 13.1 Å². The van der Waals surface area contributed by atoms with Crippen molar-refractivity contribution in [3.05, 3.63) is 35.9 Å². The van der Waals surface area contributed by atoms with Crippen LogP contribution in [0.25, 0.3) is 0 Å². The van der Waals surface area contributed by atoms with E-state index in [1.54, 1.807) is 0 Å². The molecule has 0 spiro atoms. The van der Waals surface area contributed by atoms with Crippen molar-refractivity contribution in [1.29, 1.82) is 0 Å². The maximum Gasteiger partial charge on any atom is 0.0359 e. The summed E-state index contributed by atoms with van der Waals surface area (Å²) in [7, 11) is 0. The quantitative estimate of drug-likeness (QED) is 0.719. The smallest absolute Gasteiger partial charge is 0.0359 e. The van der Waals surface area contributed by atoms with Gasteiger partial charge in [-0.15, -0.1) is 0 Å². The fourth-order valence-corrected chi connectivity index (χ4v) is 2.81. The molecule has 1 aromatic rings. The van der Waals surface area contributed by atoms with Crippen molar-refractivity contribution in [3.8, 4) is 0 Å². The van der Waals surface area contributed by atoms with Crippen LogP contribution in [0.1, 0.15) is 65.5 Å². The van der Waals surface area contributed by atoms with Crippen LogP contribution in [0.3, 0.4) is 0 Å².